The second-order valence-electron chi connectivity index (χ2n) is 2.94. The highest BCUT2D eigenvalue weighted by Gasteiger charge is 2.15. The third kappa shape index (κ3) is 1.88. The zero-order valence-electron chi connectivity index (χ0n) is 7.94. The van der Waals surface area contributed by atoms with Crippen molar-refractivity contribution in [3.8, 4) is 17.5 Å². The molecule has 6 heteroatoms. The Morgan fingerprint density at radius 1 is 1.50 bits per heavy atom. The van der Waals surface area contributed by atoms with Crippen molar-refractivity contribution in [2.24, 2.45) is 0 Å². The van der Waals surface area contributed by atoms with Crippen LogP contribution in [0.4, 0.5) is 4.39 Å². The van der Waals surface area contributed by atoms with Crippen LogP contribution in [0.3, 0.4) is 0 Å². The molecule has 0 aliphatic rings. The second kappa shape index (κ2) is 4.29. The second-order valence-corrected chi connectivity index (χ2v) is 3.35. The Bertz CT molecular complexity index is 541. The quantitative estimate of drug-likeness (QED) is 0.805. The van der Waals surface area contributed by atoms with Crippen LogP contribution in [-0.2, 0) is 6.42 Å². The van der Waals surface area contributed by atoms with Crippen molar-refractivity contribution in [2.45, 2.75) is 6.42 Å². The molecule has 16 heavy (non-hydrogen) atoms. The number of nitrogens with zero attached hydrogens (tertiary/aromatic N) is 3. The van der Waals surface area contributed by atoms with E-state index in [4.69, 9.17) is 21.4 Å². The van der Waals surface area contributed by atoms with Gasteiger partial charge in [-0.1, -0.05) is 22.8 Å². The Morgan fingerprint density at radius 2 is 2.31 bits per heavy atom. The molecule has 1 aromatic heterocycles. The highest BCUT2D eigenvalue weighted by molar-refractivity contribution is 6.33. The molecule has 0 N–H and O–H groups in total. The molecule has 0 amide bonds. The Labute approximate surface area is 95.3 Å². The lowest BCUT2D eigenvalue weighted by Gasteiger charge is -1.98. The molecule has 0 saturated carbocycles. The smallest absolute Gasteiger partial charge is 0.241 e. The lowest BCUT2D eigenvalue weighted by atomic mass is 10.2. The largest absolute Gasteiger partial charge is 0.338 e. The van der Waals surface area contributed by atoms with Crippen molar-refractivity contribution in [2.75, 3.05) is 0 Å². The topological polar surface area (TPSA) is 62.7 Å². The Hall–Kier alpha value is -1.93. The summed E-state index contributed by atoms with van der Waals surface area (Å²) in [5.41, 5.74) is 0.0807. The Kier molecular flexibility index (Phi) is 2.84. The third-order valence-corrected chi connectivity index (χ3v) is 2.20. The molecule has 0 aliphatic heterocycles. The van der Waals surface area contributed by atoms with E-state index >= 15 is 0 Å². The van der Waals surface area contributed by atoms with E-state index in [1.807, 2.05) is 6.07 Å². The maximum atomic E-state index is 13.5. The van der Waals surface area contributed by atoms with Gasteiger partial charge in [0.05, 0.1) is 16.7 Å². The first-order chi connectivity index (χ1) is 7.72. The first kappa shape index (κ1) is 10.6. The van der Waals surface area contributed by atoms with Crippen molar-refractivity contribution < 1.29 is 8.91 Å². The molecular formula is C10H5ClFN3O. The molecule has 80 valence electrons. The lowest BCUT2D eigenvalue weighted by molar-refractivity contribution is 0.387. The van der Waals surface area contributed by atoms with Crippen LogP contribution in [0.5, 0.6) is 0 Å². The number of halogens is 2. The van der Waals surface area contributed by atoms with Crippen LogP contribution in [-0.4, -0.2) is 10.1 Å². The van der Waals surface area contributed by atoms with Crippen LogP contribution in [0, 0.1) is 17.1 Å². The SMILES string of the molecule is N#CCc1nc(-c2c(F)cccc2Cl)no1. The fraction of sp³-hybridized carbons (Fsp3) is 0.100. The summed E-state index contributed by atoms with van der Waals surface area (Å²) in [4.78, 5) is 3.87. The van der Waals surface area contributed by atoms with Gasteiger partial charge in [0.1, 0.15) is 12.2 Å². The van der Waals surface area contributed by atoms with Gasteiger partial charge in [-0.15, -0.1) is 0 Å². The molecule has 0 saturated heterocycles. The van der Waals surface area contributed by atoms with E-state index in [1.165, 1.54) is 18.2 Å². The van der Waals surface area contributed by atoms with Gasteiger partial charge in [0.2, 0.25) is 11.7 Å². The predicted molar refractivity (Wildman–Crippen MR) is 54.0 cm³/mol. The molecule has 1 aromatic carbocycles. The van der Waals surface area contributed by atoms with Crippen molar-refractivity contribution >= 4 is 11.6 Å². The highest BCUT2D eigenvalue weighted by Crippen LogP contribution is 2.28. The molecule has 0 unspecified atom stereocenters. The molecule has 0 radical (unpaired) electrons. The summed E-state index contributed by atoms with van der Waals surface area (Å²) >= 11 is 5.82. The van der Waals surface area contributed by atoms with Gasteiger partial charge < -0.3 is 4.52 Å². The van der Waals surface area contributed by atoms with Crippen LogP contribution in [0.1, 0.15) is 5.89 Å². The molecule has 0 bridgehead atoms. The number of aromatic nitrogens is 2. The van der Waals surface area contributed by atoms with Gasteiger partial charge in [0.15, 0.2) is 0 Å². The van der Waals surface area contributed by atoms with Gasteiger partial charge in [0, 0.05) is 0 Å². The highest BCUT2D eigenvalue weighted by atomic mass is 35.5. The van der Waals surface area contributed by atoms with E-state index in [1.54, 1.807) is 0 Å². The normalized spacial score (nSPS) is 10.1. The Morgan fingerprint density at radius 3 is 3.00 bits per heavy atom. The van der Waals surface area contributed by atoms with Crippen LogP contribution >= 0.6 is 11.6 Å². The first-order valence-electron chi connectivity index (χ1n) is 4.36. The van der Waals surface area contributed by atoms with Crippen LogP contribution in [0.15, 0.2) is 22.7 Å². The summed E-state index contributed by atoms with van der Waals surface area (Å²) < 4.78 is 18.2. The summed E-state index contributed by atoms with van der Waals surface area (Å²) in [6.07, 6.45) is -0.0148. The maximum Gasteiger partial charge on any atom is 0.241 e. The average Bonchev–Trinajstić information content (AvgIpc) is 2.67. The van der Waals surface area contributed by atoms with Gasteiger partial charge in [-0.25, -0.2) is 4.39 Å². The Balaban J connectivity index is 2.47. The monoisotopic (exact) mass is 237 g/mol. The number of hydrogen-bond donors (Lipinski definition) is 0. The van der Waals surface area contributed by atoms with E-state index in [9.17, 15) is 4.39 Å². The van der Waals surface area contributed by atoms with Crippen molar-refractivity contribution in [1.29, 1.82) is 5.26 Å². The summed E-state index contributed by atoms with van der Waals surface area (Å²) in [7, 11) is 0. The molecule has 2 aromatic rings. The van der Waals surface area contributed by atoms with Gasteiger partial charge in [-0.3, -0.25) is 0 Å². The first-order valence-corrected chi connectivity index (χ1v) is 4.74. The predicted octanol–water partition coefficient (Wildman–Crippen LogP) is 2.60. The van der Waals surface area contributed by atoms with Gasteiger partial charge >= 0.3 is 0 Å². The summed E-state index contributed by atoms with van der Waals surface area (Å²) in [5, 5.41) is 12.2. The number of rotatable bonds is 2. The third-order valence-electron chi connectivity index (χ3n) is 1.88. The molecule has 0 spiro atoms. The van der Waals surface area contributed by atoms with E-state index < -0.39 is 5.82 Å². The summed E-state index contributed by atoms with van der Waals surface area (Å²) in [6.45, 7) is 0. The minimum Gasteiger partial charge on any atom is -0.338 e. The zero-order chi connectivity index (χ0) is 11.5. The number of hydrogen-bond acceptors (Lipinski definition) is 4. The van der Waals surface area contributed by atoms with Crippen molar-refractivity contribution in [1.82, 2.24) is 10.1 Å². The summed E-state index contributed by atoms with van der Waals surface area (Å²) in [5.74, 6) is -0.345. The lowest BCUT2D eigenvalue weighted by Crippen LogP contribution is -1.88. The van der Waals surface area contributed by atoms with E-state index in [-0.39, 0.29) is 28.7 Å². The average molecular weight is 238 g/mol. The molecule has 0 fully saturated rings. The molecule has 0 atom stereocenters. The van der Waals surface area contributed by atoms with E-state index in [2.05, 4.69) is 10.1 Å². The summed E-state index contributed by atoms with van der Waals surface area (Å²) in [6, 6.07) is 6.12. The van der Waals surface area contributed by atoms with Crippen LogP contribution < -0.4 is 0 Å². The zero-order valence-corrected chi connectivity index (χ0v) is 8.70. The number of benzene rings is 1. The fourth-order valence-electron chi connectivity index (χ4n) is 1.21. The van der Waals surface area contributed by atoms with Crippen molar-refractivity contribution in [3.05, 3.63) is 34.9 Å². The van der Waals surface area contributed by atoms with Gasteiger partial charge in [-0.2, -0.15) is 10.2 Å². The fourth-order valence-corrected chi connectivity index (χ4v) is 1.45. The maximum absolute atomic E-state index is 13.5. The molecule has 0 aliphatic carbocycles. The molecule has 2 rings (SSSR count). The minimum atomic E-state index is -0.531. The number of nitriles is 1. The standard InChI is InChI=1S/C10H5ClFN3O/c11-6-2-1-3-7(12)9(6)10-14-8(4-5-13)16-15-10/h1-3H,4H2. The van der Waals surface area contributed by atoms with Crippen LogP contribution in [0.25, 0.3) is 11.4 Å². The molecule has 4 nitrogen and oxygen atoms in total. The van der Waals surface area contributed by atoms with Gasteiger partial charge in [-0.05, 0) is 12.1 Å². The minimum absolute atomic E-state index is 0.0148. The van der Waals surface area contributed by atoms with E-state index in [0.717, 1.165) is 0 Å². The van der Waals surface area contributed by atoms with E-state index in [0.29, 0.717) is 0 Å². The van der Waals surface area contributed by atoms with Crippen molar-refractivity contribution in [3.63, 3.8) is 0 Å². The van der Waals surface area contributed by atoms with Crippen LogP contribution in [0.2, 0.25) is 5.02 Å². The molecular weight excluding hydrogens is 233 g/mol. The molecule has 1 heterocycles. The van der Waals surface area contributed by atoms with Gasteiger partial charge in [0.25, 0.3) is 0 Å².